The van der Waals surface area contributed by atoms with Gasteiger partial charge in [0, 0.05) is 43.2 Å². The van der Waals surface area contributed by atoms with Gasteiger partial charge in [0.25, 0.3) is 5.69 Å². The zero-order valence-electron chi connectivity index (χ0n) is 15.8. The Balaban J connectivity index is 1.42. The van der Waals surface area contributed by atoms with Gasteiger partial charge in [-0.15, -0.1) is 11.8 Å². The van der Waals surface area contributed by atoms with Gasteiger partial charge in [-0.3, -0.25) is 14.9 Å². The van der Waals surface area contributed by atoms with Crippen molar-refractivity contribution >= 4 is 23.4 Å². The van der Waals surface area contributed by atoms with Crippen LogP contribution < -0.4 is 0 Å². The largest absolute Gasteiger partial charge is 0.341 e. The SMILES string of the molecule is O=C(CSc1ccc([N+](=O)[O-])cc1)N1CCCN(CC2CCCCC2)CC1. The average molecular weight is 392 g/mol. The number of rotatable bonds is 6. The molecule has 1 aliphatic carbocycles. The highest BCUT2D eigenvalue weighted by atomic mass is 32.2. The van der Waals surface area contributed by atoms with Crippen LogP contribution in [0.25, 0.3) is 0 Å². The third-order valence-electron chi connectivity index (χ3n) is 5.59. The second kappa shape index (κ2) is 10.1. The second-order valence-electron chi connectivity index (χ2n) is 7.58. The fourth-order valence-electron chi connectivity index (χ4n) is 4.04. The lowest BCUT2D eigenvalue weighted by Gasteiger charge is -2.28. The van der Waals surface area contributed by atoms with E-state index in [1.165, 1.54) is 62.5 Å². The van der Waals surface area contributed by atoms with E-state index in [0.29, 0.717) is 5.75 Å². The molecule has 0 unspecified atom stereocenters. The lowest BCUT2D eigenvalue weighted by molar-refractivity contribution is -0.384. The number of non-ortho nitro benzene ring substituents is 1. The van der Waals surface area contributed by atoms with Gasteiger partial charge in [0.1, 0.15) is 0 Å². The Bertz CT molecular complexity index is 632. The van der Waals surface area contributed by atoms with Crippen LogP contribution in [0.1, 0.15) is 38.5 Å². The number of carbonyl (C=O) groups is 1. The molecule has 1 saturated heterocycles. The molecule has 7 heteroatoms. The van der Waals surface area contributed by atoms with Gasteiger partial charge in [-0.2, -0.15) is 0 Å². The van der Waals surface area contributed by atoms with Crippen molar-refractivity contribution < 1.29 is 9.72 Å². The molecule has 0 spiro atoms. The zero-order valence-corrected chi connectivity index (χ0v) is 16.7. The van der Waals surface area contributed by atoms with Gasteiger partial charge in [0.2, 0.25) is 5.91 Å². The van der Waals surface area contributed by atoms with E-state index in [9.17, 15) is 14.9 Å². The van der Waals surface area contributed by atoms with E-state index in [-0.39, 0.29) is 11.6 Å². The minimum Gasteiger partial charge on any atom is -0.341 e. The van der Waals surface area contributed by atoms with E-state index in [0.717, 1.165) is 43.4 Å². The molecule has 27 heavy (non-hydrogen) atoms. The molecule has 1 aromatic carbocycles. The van der Waals surface area contributed by atoms with Crippen molar-refractivity contribution in [2.45, 2.75) is 43.4 Å². The summed E-state index contributed by atoms with van der Waals surface area (Å²) in [4.78, 5) is 28.3. The Morgan fingerprint density at radius 2 is 1.78 bits per heavy atom. The molecule has 6 nitrogen and oxygen atoms in total. The number of nitrogens with zero attached hydrogens (tertiary/aromatic N) is 3. The van der Waals surface area contributed by atoms with Crippen LogP contribution in [0.15, 0.2) is 29.2 Å². The fourth-order valence-corrected chi connectivity index (χ4v) is 4.84. The van der Waals surface area contributed by atoms with Crippen molar-refractivity contribution in [3.8, 4) is 0 Å². The van der Waals surface area contributed by atoms with Crippen LogP contribution in [-0.4, -0.2) is 59.1 Å². The molecule has 3 rings (SSSR count). The third kappa shape index (κ3) is 6.21. The Morgan fingerprint density at radius 1 is 1.04 bits per heavy atom. The van der Waals surface area contributed by atoms with Crippen molar-refractivity contribution in [1.82, 2.24) is 9.80 Å². The van der Waals surface area contributed by atoms with E-state index in [4.69, 9.17) is 0 Å². The van der Waals surface area contributed by atoms with Gasteiger partial charge in [0.15, 0.2) is 0 Å². The van der Waals surface area contributed by atoms with E-state index in [1.807, 2.05) is 4.90 Å². The number of amides is 1. The Morgan fingerprint density at radius 3 is 2.48 bits per heavy atom. The number of benzene rings is 1. The first-order valence-corrected chi connectivity index (χ1v) is 11.0. The standard InChI is InChI=1S/C20H29N3O3S/c24-20(16-27-19-9-7-18(8-10-19)23(25)26)22-12-4-11-21(13-14-22)15-17-5-2-1-3-6-17/h7-10,17H,1-6,11-16H2. The quantitative estimate of drug-likeness (QED) is 0.419. The topological polar surface area (TPSA) is 66.7 Å². The molecule has 0 aromatic heterocycles. The predicted octanol–water partition coefficient (Wildman–Crippen LogP) is 3.80. The molecule has 2 fully saturated rings. The van der Waals surface area contributed by atoms with Gasteiger partial charge in [-0.05, 0) is 43.9 Å². The highest BCUT2D eigenvalue weighted by Gasteiger charge is 2.22. The second-order valence-corrected chi connectivity index (χ2v) is 8.63. The van der Waals surface area contributed by atoms with E-state index in [1.54, 1.807) is 12.1 Å². The van der Waals surface area contributed by atoms with Gasteiger partial charge < -0.3 is 9.80 Å². The number of thioether (sulfide) groups is 1. The molecule has 0 bridgehead atoms. The lowest BCUT2D eigenvalue weighted by atomic mass is 9.89. The third-order valence-corrected chi connectivity index (χ3v) is 6.59. The van der Waals surface area contributed by atoms with Crippen LogP contribution in [0.3, 0.4) is 0 Å². The van der Waals surface area contributed by atoms with Crippen LogP contribution in [0, 0.1) is 16.0 Å². The van der Waals surface area contributed by atoms with Crippen molar-refractivity contribution in [2.24, 2.45) is 5.92 Å². The maximum absolute atomic E-state index is 12.6. The molecular formula is C20H29N3O3S. The molecular weight excluding hydrogens is 362 g/mol. The maximum atomic E-state index is 12.6. The monoisotopic (exact) mass is 391 g/mol. The van der Waals surface area contributed by atoms with Crippen molar-refractivity contribution in [2.75, 3.05) is 38.5 Å². The highest BCUT2D eigenvalue weighted by Crippen LogP contribution is 2.25. The smallest absolute Gasteiger partial charge is 0.269 e. The zero-order chi connectivity index (χ0) is 19.1. The minimum atomic E-state index is -0.407. The summed E-state index contributed by atoms with van der Waals surface area (Å²) in [6, 6.07) is 6.40. The van der Waals surface area contributed by atoms with Crippen LogP contribution in [0.2, 0.25) is 0 Å². The number of carbonyl (C=O) groups excluding carboxylic acids is 1. The molecule has 148 valence electrons. The first-order chi connectivity index (χ1) is 13.1. The van der Waals surface area contributed by atoms with Gasteiger partial charge in [0.05, 0.1) is 10.7 Å². The normalized spacial score (nSPS) is 19.6. The number of hydrogen-bond donors (Lipinski definition) is 0. The average Bonchev–Trinajstić information content (AvgIpc) is 2.93. The van der Waals surface area contributed by atoms with Gasteiger partial charge in [-0.1, -0.05) is 19.3 Å². The fraction of sp³-hybridized carbons (Fsp3) is 0.650. The summed E-state index contributed by atoms with van der Waals surface area (Å²) >= 11 is 1.45. The number of nitro groups is 1. The van der Waals surface area contributed by atoms with Crippen LogP contribution >= 0.6 is 11.8 Å². The minimum absolute atomic E-state index is 0.0799. The molecule has 1 saturated carbocycles. The summed E-state index contributed by atoms with van der Waals surface area (Å²) in [7, 11) is 0. The summed E-state index contributed by atoms with van der Waals surface area (Å²) in [5.74, 6) is 1.40. The highest BCUT2D eigenvalue weighted by molar-refractivity contribution is 8.00. The summed E-state index contributed by atoms with van der Waals surface area (Å²) < 4.78 is 0. The number of nitro benzene ring substituents is 1. The van der Waals surface area contributed by atoms with Crippen LogP contribution in [-0.2, 0) is 4.79 Å². The van der Waals surface area contributed by atoms with Crippen molar-refractivity contribution in [1.29, 1.82) is 0 Å². The molecule has 1 aliphatic heterocycles. The van der Waals surface area contributed by atoms with E-state index >= 15 is 0 Å². The first-order valence-electron chi connectivity index (χ1n) is 9.99. The van der Waals surface area contributed by atoms with Gasteiger partial charge in [-0.25, -0.2) is 0 Å². The molecule has 0 radical (unpaired) electrons. The number of hydrogen-bond acceptors (Lipinski definition) is 5. The maximum Gasteiger partial charge on any atom is 0.269 e. The summed E-state index contributed by atoms with van der Waals surface area (Å²) in [6.07, 6.45) is 7.92. The molecule has 1 aromatic rings. The van der Waals surface area contributed by atoms with Crippen LogP contribution in [0.4, 0.5) is 5.69 Å². The molecule has 2 aliphatic rings. The van der Waals surface area contributed by atoms with Crippen molar-refractivity contribution in [3.05, 3.63) is 34.4 Å². The summed E-state index contributed by atoms with van der Waals surface area (Å²) in [5, 5.41) is 10.7. The van der Waals surface area contributed by atoms with E-state index in [2.05, 4.69) is 4.90 Å². The predicted molar refractivity (Wildman–Crippen MR) is 108 cm³/mol. The van der Waals surface area contributed by atoms with Crippen LogP contribution in [0.5, 0.6) is 0 Å². The van der Waals surface area contributed by atoms with Gasteiger partial charge >= 0.3 is 0 Å². The van der Waals surface area contributed by atoms with E-state index < -0.39 is 4.92 Å². The van der Waals surface area contributed by atoms with Crippen molar-refractivity contribution in [3.63, 3.8) is 0 Å². The Labute approximate surface area is 165 Å². The summed E-state index contributed by atoms with van der Waals surface area (Å²) in [5.41, 5.74) is 0.0799. The molecule has 0 atom stereocenters. The molecule has 1 heterocycles. The first kappa shape index (κ1) is 20.1. The lowest BCUT2D eigenvalue weighted by Crippen LogP contribution is -2.37. The Kier molecular flexibility index (Phi) is 7.52. The molecule has 1 amide bonds. The summed E-state index contributed by atoms with van der Waals surface area (Å²) in [6.45, 7) is 4.91. The molecule has 0 N–H and O–H groups in total. The Hall–Kier alpha value is -1.60.